The molecule has 0 saturated carbocycles. The first kappa shape index (κ1) is 20.1. The van der Waals surface area contributed by atoms with Crippen LogP contribution in [0.3, 0.4) is 0 Å². The fourth-order valence-corrected chi connectivity index (χ4v) is 2.43. The van der Waals surface area contributed by atoms with E-state index in [0.29, 0.717) is 6.92 Å². The Morgan fingerprint density at radius 2 is 1.38 bits per heavy atom. The van der Waals surface area contributed by atoms with Crippen LogP contribution < -0.4 is 4.74 Å². The van der Waals surface area contributed by atoms with Crippen LogP contribution in [0.5, 0.6) is 5.75 Å². The first-order chi connectivity index (χ1) is 10.5. The zero-order chi connectivity index (χ0) is 19.2. The number of halogens is 8. The van der Waals surface area contributed by atoms with Crippen molar-refractivity contribution in [2.45, 2.75) is 24.2 Å². The molecule has 0 unspecified atom stereocenters. The average molecular weight is 388 g/mol. The number of carbonyl (C=O) groups excluding carboxylic acids is 1. The van der Waals surface area contributed by atoms with Crippen molar-refractivity contribution in [1.29, 1.82) is 0 Å². The lowest BCUT2D eigenvalue weighted by molar-refractivity contribution is -0.150. The molecule has 1 N–H and O–H groups in total. The van der Waals surface area contributed by atoms with Gasteiger partial charge < -0.3 is 4.74 Å². The van der Waals surface area contributed by atoms with E-state index in [1.165, 1.54) is 0 Å². The van der Waals surface area contributed by atoms with Crippen molar-refractivity contribution in [3.63, 3.8) is 0 Å². The summed E-state index contributed by atoms with van der Waals surface area (Å²) in [6.45, 7) is 0.376. The smallest absolute Gasteiger partial charge is 0.422 e. The highest BCUT2D eigenvalue weighted by atomic mass is 32.2. The van der Waals surface area contributed by atoms with Gasteiger partial charge in [-0.1, -0.05) is 0 Å². The molecule has 0 atom stereocenters. The molecule has 1 aromatic carbocycles. The molecule has 1 aromatic rings. The van der Waals surface area contributed by atoms with E-state index in [4.69, 9.17) is 4.55 Å². The van der Waals surface area contributed by atoms with Crippen molar-refractivity contribution in [1.82, 2.24) is 0 Å². The maximum absolute atomic E-state index is 13.9. The van der Waals surface area contributed by atoms with E-state index in [-0.39, 0.29) is 0 Å². The molecule has 0 radical (unpaired) electrons. The summed E-state index contributed by atoms with van der Waals surface area (Å²) >= 11 is 0. The summed E-state index contributed by atoms with van der Waals surface area (Å²) in [6.07, 6.45) is -12.0. The highest BCUT2D eigenvalue weighted by Crippen LogP contribution is 2.47. The molecule has 5 nitrogen and oxygen atoms in total. The van der Waals surface area contributed by atoms with Crippen molar-refractivity contribution >= 4 is 16.1 Å². The third kappa shape index (κ3) is 3.75. The fraction of sp³-hybridized carbons (Fsp3) is 0.300. The number of hydrogen-bond donors (Lipinski definition) is 1. The van der Waals surface area contributed by atoms with Crippen molar-refractivity contribution in [3.8, 4) is 5.75 Å². The number of hydrogen-bond acceptors (Lipinski definition) is 4. The van der Waals surface area contributed by atoms with Crippen molar-refractivity contribution in [2.24, 2.45) is 0 Å². The molecule has 24 heavy (non-hydrogen) atoms. The van der Waals surface area contributed by atoms with Gasteiger partial charge in [-0.3, -0.25) is 9.35 Å². The van der Waals surface area contributed by atoms with Gasteiger partial charge in [-0.05, 0) is 0 Å². The number of ether oxygens (including phenoxy) is 1. The Bertz CT molecular complexity index is 793. The van der Waals surface area contributed by atoms with Crippen LogP contribution in [0.1, 0.15) is 18.1 Å². The van der Waals surface area contributed by atoms with Crippen LogP contribution in [0, 0.1) is 11.6 Å². The minimum atomic E-state index is -6.27. The van der Waals surface area contributed by atoms with E-state index in [9.17, 15) is 48.3 Å². The van der Waals surface area contributed by atoms with E-state index < -0.39 is 61.8 Å². The Labute approximate surface area is 127 Å². The van der Waals surface area contributed by atoms with Crippen LogP contribution in [0.15, 0.2) is 4.90 Å². The molecule has 0 aliphatic rings. The molecule has 0 aromatic heterocycles. The van der Waals surface area contributed by atoms with E-state index in [2.05, 4.69) is 4.74 Å². The molecule has 14 heteroatoms. The second-order valence-corrected chi connectivity index (χ2v) is 5.46. The first-order valence-corrected chi connectivity index (χ1v) is 6.78. The van der Waals surface area contributed by atoms with Crippen LogP contribution >= 0.6 is 0 Å². The maximum atomic E-state index is 13.9. The normalized spacial score (nSPS) is 13.1. The summed E-state index contributed by atoms with van der Waals surface area (Å²) in [4.78, 5) is 7.69. The maximum Gasteiger partial charge on any atom is 0.422 e. The van der Waals surface area contributed by atoms with Crippen molar-refractivity contribution < 1.29 is 57.6 Å². The number of rotatable bonds is 2. The minimum Gasteiger partial charge on any atom is -0.423 e. The Morgan fingerprint density at radius 1 is 0.958 bits per heavy atom. The lowest BCUT2D eigenvalue weighted by Gasteiger charge is -2.20. The summed E-state index contributed by atoms with van der Waals surface area (Å²) in [5.41, 5.74) is -6.01. The second kappa shape index (κ2) is 5.84. The zero-order valence-electron chi connectivity index (χ0n) is 11.0. The highest BCUT2D eigenvalue weighted by Gasteiger charge is 2.50. The van der Waals surface area contributed by atoms with Gasteiger partial charge >= 0.3 is 18.3 Å². The number of alkyl halides is 6. The average Bonchev–Trinajstić information content (AvgIpc) is 2.27. The van der Waals surface area contributed by atoms with E-state index >= 15 is 0 Å². The lowest BCUT2D eigenvalue weighted by atomic mass is 10.1. The molecule has 0 spiro atoms. The Balaban J connectivity index is 4.23. The minimum absolute atomic E-state index is 0.376. The zero-order valence-corrected chi connectivity index (χ0v) is 11.8. The third-order valence-corrected chi connectivity index (χ3v) is 3.26. The number of benzene rings is 1. The molecular weight excluding hydrogens is 384 g/mol. The predicted molar refractivity (Wildman–Crippen MR) is 57.5 cm³/mol. The molecule has 0 saturated heterocycles. The SMILES string of the molecule is CC(=O)Oc1c(F)c(C(F)(F)F)c(S(=O)(=O)O)c(F)c1C(F)(F)F. The summed E-state index contributed by atoms with van der Waals surface area (Å²) < 4.78 is 138. The van der Waals surface area contributed by atoms with Crippen LogP contribution in [0.2, 0.25) is 0 Å². The van der Waals surface area contributed by atoms with Gasteiger partial charge in [-0.25, -0.2) is 8.78 Å². The highest BCUT2D eigenvalue weighted by molar-refractivity contribution is 7.85. The molecule has 1 rings (SSSR count). The summed E-state index contributed by atoms with van der Waals surface area (Å²) in [7, 11) is -6.27. The van der Waals surface area contributed by atoms with E-state index in [1.54, 1.807) is 0 Å². The van der Waals surface area contributed by atoms with Gasteiger partial charge in [0.15, 0.2) is 17.4 Å². The topological polar surface area (TPSA) is 80.7 Å². The second-order valence-electron chi connectivity index (χ2n) is 4.10. The molecular formula is C10H4F8O5S. The Hall–Kier alpha value is -1.96. The van der Waals surface area contributed by atoms with Crippen LogP contribution in [-0.4, -0.2) is 18.9 Å². The van der Waals surface area contributed by atoms with Gasteiger partial charge in [0.2, 0.25) is 0 Å². The standard InChI is InChI=1S/C10H4F8O5S/c1-2(19)23-7-3(9(13,14)15)6(12)8(24(20,21)22)4(5(7)11)10(16,17)18/h1H3,(H,20,21,22). The van der Waals surface area contributed by atoms with Crippen molar-refractivity contribution in [2.75, 3.05) is 0 Å². The van der Waals surface area contributed by atoms with E-state index in [0.717, 1.165) is 0 Å². The van der Waals surface area contributed by atoms with Crippen LogP contribution in [0.25, 0.3) is 0 Å². The monoisotopic (exact) mass is 388 g/mol. The summed E-state index contributed by atoms with van der Waals surface area (Å²) in [5, 5.41) is 0. The van der Waals surface area contributed by atoms with Gasteiger partial charge in [-0.15, -0.1) is 0 Å². The van der Waals surface area contributed by atoms with Crippen LogP contribution in [-0.2, 0) is 27.3 Å². The third-order valence-electron chi connectivity index (χ3n) is 2.36. The molecule has 136 valence electrons. The van der Waals surface area contributed by atoms with E-state index in [1.807, 2.05) is 0 Å². The van der Waals surface area contributed by atoms with Gasteiger partial charge in [0.05, 0.1) is 0 Å². The van der Waals surface area contributed by atoms with Gasteiger partial charge in [0.25, 0.3) is 10.1 Å². The molecule has 0 bridgehead atoms. The lowest BCUT2D eigenvalue weighted by Crippen LogP contribution is -2.24. The Kier molecular flexibility index (Phi) is 4.89. The number of esters is 1. The molecule has 0 heterocycles. The number of carbonyl (C=O) groups is 1. The predicted octanol–water partition coefficient (Wildman–Crippen LogP) is 3.17. The van der Waals surface area contributed by atoms with Crippen molar-refractivity contribution in [3.05, 3.63) is 22.8 Å². The van der Waals surface area contributed by atoms with Gasteiger partial charge in [0, 0.05) is 6.92 Å². The quantitative estimate of drug-likeness (QED) is 0.364. The molecule has 0 amide bonds. The summed E-state index contributed by atoms with van der Waals surface area (Å²) in [6, 6.07) is 0. The van der Waals surface area contributed by atoms with Gasteiger partial charge in [0.1, 0.15) is 16.0 Å². The molecule has 0 aliphatic carbocycles. The molecule has 0 fully saturated rings. The molecule has 0 aliphatic heterocycles. The van der Waals surface area contributed by atoms with Crippen LogP contribution in [0.4, 0.5) is 35.1 Å². The Morgan fingerprint density at radius 3 is 1.67 bits per heavy atom. The largest absolute Gasteiger partial charge is 0.423 e. The summed E-state index contributed by atoms with van der Waals surface area (Å²) in [5.74, 6) is -10.5. The first-order valence-electron chi connectivity index (χ1n) is 5.34. The van der Waals surface area contributed by atoms with Gasteiger partial charge in [-0.2, -0.15) is 34.8 Å². The fourth-order valence-electron chi connectivity index (χ4n) is 1.63.